The molecule has 162 valence electrons. The van der Waals surface area contributed by atoms with E-state index in [1.165, 1.54) is 23.9 Å². The topological polar surface area (TPSA) is 88.9 Å². The lowest BCUT2D eigenvalue weighted by molar-refractivity contribution is -0.113. The van der Waals surface area contributed by atoms with E-state index in [-0.39, 0.29) is 17.6 Å². The van der Waals surface area contributed by atoms with Crippen molar-refractivity contribution >= 4 is 40.9 Å². The summed E-state index contributed by atoms with van der Waals surface area (Å²) in [4.78, 5) is 24.7. The maximum atomic E-state index is 13.4. The number of halogens is 2. The van der Waals surface area contributed by atoms with Crippen LogP contribution in [0, 0.1) is 12.7 Å². The summed E-state index contributed by atoms with van der Waals surface area (Å²) in [6.45, 7) is 3.57. The molecule has 7 nitrogen and oxygen atoms in total. The number of thioether (sulfide) groups is 1. The van der Waals surface area contributed by atoms with Crippen molar-refractivity contribution in [3.05, 3.63) is 70.3 Å². The number of carbonyl (C=O) groups excluding carboxylic acids is 2. The highest BCUT2D eigenvalue weighted by Crippen LogP contribution is 2.22. The van der Waals surface area contributed by atoms with Gasteiger partial charge in [0.05, 0.1) is 22.4 Å². The number of hydrogen-bond donors (Lipinski definition) is 2. The van der Waals surface area contributed by atoms with Crippen molar-refractivity contribution in [2.75, 3.05) is 11.1 Å². The van der Waals surface area contributed by atoms with E-state index in [4.69, 9.17) is 11.6 Å². The van der Waals surface area contributed by atoms with E-state index in [9.17, 15) is 14.0 Å². The summed E-state index contributed by atoms with van der Waals surface area (Å²) >= 11 is 7.27. The van der Waals surface area contributed by atoms with E-state index in [1.807, 2.05) is 0 Å². The van der Waals surface area contributed by atoms with Crippen molar-refractivity contribution in [1.82, 2.24) is 20.1 Å². The van der Waals surface area contributed by atoms with Crippen LogP contribution in [0.25, 0.3) is 0 Å². The predicted octanol–water partition coefficient (Wildman–Crippen LogP) is 4.14. The summed E-state index contributed by atoms with van der Waals surface area (Å²) in [5.74, 6) is -0.422. The van der Waals surface area contributed by atoms with Gasteiger partial charge in [0, 0.05) is 12.7 Å². The second kappa shape index (κ2) is 9.93. The third kappa shape index (κ3) is 5.62. The Labute approximate surface area is 188 Å². The molecule has 2 aromatic carbocycles. The predicted molar refractivity (Wildman–Crippen MR) is 119 cm³/mol. The van der Waals surface area contributed by atoms with Crippen LogP contribution >= 0.6 is 23.4 Å². The molecule has 0 unspecified atom stereocenters. The molecule has 2 amide bonds. The van der Waals surface area contributed by atoms with E-state index in [0.29, 0.717) is 27.3 Å². The molecule has 0 aliphatic rings. The van der Waals surface area contributed by atoms with Gasteiger partial charge < -0.3 is 15.2 Å². The fourth-order valence-corrected chi connectivity index (χ4v) is 3.80. The highest BCUT2D eigenvalue weighted by molar-refractivity contribution is 7.99. The van der Waals surface area contributed by atoms with Gasteiger partial charge in [0.25, 0.3) is 5.91 Å². The largest absolute Gasteiger partial charge is 0.342 e. The second-order valence-corrected chi connectivity index (χ2v) is 8.22. The third-order valence-corrected chi connectivity index (χ3v) is 5.88. The number of aromatic nitrogens is 3. The molecule has 1 aromatic heterocycles. The lowest BCUT2D eigenvalue weighted by Crippen LogP contribution is -2.28. The zero-order chi connectivity index (χ0) is 22.5. The fraction of sp³-hybridized carbons (Fsp3) is 0.238. The van der Waals surface area contributed by atoms with Crippen LogP contribution in [-0.4, -0.2) is 32.3 Å². The number of rotatable bonds is 7. The van der Waals surface area contributed by atoms with Crippen LogP contribution in [-0.2, 0) is 11.8 Å². The Balaban J connectivity index is 1.60. The number of hydrogen-bond acceptors (Lipinski definition) is 5. The molecule has 1 heterocycles. The van der Waals surface area contributed by atoms with Gasteiger partial charge in [0.2, 0.25) is 5.91 Å². The lowest BCUT2D eigenvalue weighted by Gasteiger charge is -2.14. The van der Waals surface area contributed by atoms with Gasteiger partial charge in [-0.1, -0.05) is 41.6 Å². The van der Waals surface area contributed by atoms with Gasteiger partial charge in [-0.3, -0.25) is 9.59 Å². The molecule has 3 rings (SSSR count). The molecule has 0 radical (unpaired) electrons. The highest BCUT2D eigenvalue weighted by Gasteiger charge is 2.20. The van der Waals surface area contributed by atoms with Gasteiger partial charge in [-0.25, -0.2) is 4.39 Å². The van der Waals surface area contributed by atoms with Crippen molar-refractivity contribution in [1.29, 1.82) is 0 Å². The monoisotopic (exact) mass is 461 g/mol. The Hall–Kier alpha value is -2.91. The van der Waals surface area contributed by atoms with Gasteiger partial charge in [0.1, 0.15) is 5.82 Å². The Morgan fingerprint density at radius 2 is 1.97 bits per heavy atom. The third-order valence-electron chi connectivity index (χ3n) is 4.53. The van der Waals surface area contributed by atoms with E-state index in [1.54, 1.807) is 55.8 Å². The molecule has 0 aliphatic heterocycles. The molecule has 1 atom stereocenters. The summed E-state index contributed by atoms with van der Waals surface area (Å²) in [5, 5.41) is 14.7. The number of aryl methyl sites for hydroxylation is 1. The summed E-state index contributed by atoms with van der Waals surface area (Å²) in [7, 11) is 1.75. The number of anilines is 1. The Morgan fingerprint density at radius 3 is 2.71 bits per heavy atom. The molecule has 0 fully saturated rings. The fourth-order valence-electron chi connectivity index (χ4n) is 2.86. The van der Waals surface area contributed by atoms with E-state index in [2.05, 4.69) is 20.8 Å². The number of benzene rings is 2. The number of nitrogens with one attached hydrogen (secondary N) is 2. The van der Waals surface area contributed by atoms with E-state index in [0.717, 1.165) is 5.56 Å². The maximum Gasteiger partial charge on any atom is 0.253 e. The minimum atomic E-state index is -0.431. The molecule has 0 saturated carbocycles. The van der Waals surface area contributed by atoms with Crippen LogP contribution in [0.1, 0.15) is 34.7 Å². The molecular formula is C21H21ClFN5O2S. The molecule has 0 bridgehead atoms. The number of nitrogens with zero attached hydrogens (tertiary/aromatic N) is 3. The van der Waals surface area contributed by atoms with Gasteiger partial charge in [-0.05, 0) is 43.7 Å². The first-order valence-corrected chi connectivity index (χ1v) is 10.8. The van der Waals surface area contributed by atoms with Gasteiger partial charge in [-0.15, -0.1) is 10.2 Å². The minimum absolute atomic E-state index is 0.0717. The quantitative estimate of drug-likeness (QED) is 0.516. The van der Waals surface area contributed by atoms with Crippen LogP contribution < -0.4 is 10.6 Å². The van der Waals surface area contributed by atoms with Crippen LogP contribution in [0.15, 0.2) is 47.6 Å². The summed E-state index contributed by atoms with van der Waals surface area (Å²) in [6.07, 6.45) is 0. The highest BCUT2D eigenvalue weighted by atomic mass is 35.5. The lowest BCUT2D eigenvalue weighted by atomic mass is 10.2. The van der Waals surface area contributed by atoms with Crippen molar-refractivity contribution in [3.63, 3.8) is 0 Å². The number of carbonyl (C=O) groups is 2. The molecule has 0 aliphatic carbocycles. The molecule has 10 heteroatoms. The van der Waals surface area contributed by atoms with Gasteiger partial charge >= 0.3 is 0 Å². The average molecular weight is 462 g/mol. The molecule has 2 N–H and O–H groups in total. The zero-order valence-corrected chi connectivity index (χ0v) is 18.7. The first-order chi connectivity index (χ1) is 14.8. The standard InChI is InChI=1S/C21H21ClFN5O2S/c1-12-8-9-14(23)10-17(12)25-18(29)11-31-21-27-26-19(28(21)3)13(2)24-20(30)15-6-4-5-7-16(15)22/h4-10,13H,11H2,1-3H3,(H,24,30)(H,25,29)/t13-/m0/s1. The molecule has 3 aromatic rings. The van der Waals surface area contributed by atoms with E-state index < -0.39 is 11.9 Å². The summed E-state index contributed by atoms with van der Waals surface area (Å²) in [6, 6.07) is 10.6. The summed E-state index contributed by atoms with van der Waals surface area (Å²) in [5.41, 5.74) is 1.57. The van der Waals surface area contributed by atoms with Crippen LogP contribution in [0.4, 0.5) is 10.1 Å². The van der Waals surface area contributed by atoms with Crippen molar-refractivity contribution in [3.8, 4) is 0 Å². The SMILES string of the molecule is Cc1ccc(F)cc1NC(=O)CSc1nnc([C@H](C)NC(=O)c2ccccc2Cl)n1C. The first kappa shape index (κ1) is 22.8. The van der Waals surface area contributed by atoms with Crippen LogP contribution in [0.5, 0.6) is 0 Å². The summed E-state index contributed by atoms with van der Waals surface area (Å²) < 4.78 is 15.1. The van der Waals surface area contributed by atoms with Crippen LogP contribution in [0.2, 0.25) is 5.02 Å². The van der Waals surface area contributed by atoms with Crippen LogP contribution in [0.3, 0.4) is 0 Å². The normalized spacial score (nSPS) is 11.8. The minimum Gasteiger partial charge on any atom is -0.342 e. The second-order valence-electron chi connectivity index (χ2n) is 6.87. The molecular weight excluding hydrogens is 441 g/mol. The smallest absolute Gasteiger partial charge is 0.253 e. The van der Waals surface area contributed by atoms with Gasteiger partial charge in [-0.2, -0.15) is 0 Å². The maximum absolute atomic E-state index is 13.4. The molecule has 0 saturated heterocycles. The van der Waals surface area contributed by atoms with Crippen molar-refractivity contribution in [2.24, 2.45) is 7.05 Å². The van der Waals surface area contributed by atoms with Gasteiger partial charge in [0.15, 0.2) is 11.0 Å². The Kier molecular flexibility index (Phi) is 7.29. The first-order valence-electron chi connectivity index (χ1n) is 9.39. The Morgan fingerprint density at radius 1 is 1.23 bits per heavy atom. The molecule has 31 heavy (non-hydrogen) atoms. The average Bonchev–Trinajstić information content (AvgIpc) is 3.10. The van der Waals surface area contributed by atoms with Crippen molar-refractivity contribution in [2.45, 2.75) is 25.0 Å². The zero-order valence-electron chi connectivity index (χ0n) is 17.1. The van der Waals surface area contributed by atoms with E-state index >= 15 is 0 Å². The molecule has 0 spiro atoms. The Bertz CT molecular complexity index is 1120. The van der Waals surface area contributed by atoms with Crippen molar-refractivity contribution < 1.29 is 14.0 Å². The number of amides is 2.